The zero-order valence-corrected chi connectivity index (χ0v) is 21.8. The van der Waals surface area contributed by atoms with Crippen LogP contribution >= 0.6 is 0 Å². The van der Waals surface area contributed by atoms with Gasteiger partial charge in [-0.2, -0.15) is 0 Å². The van der Waals surface area contributed by atoms with Crippen LogP contribution in [-0.2, 0) is 0 Å². The molecule has 0 amide bonds. The van der Waals surface area contributed by atoms with Crippen molar-refractivity contribution >= 4 is 22.7 Å². The van der Waals surface area contributed by atoms with Crippen LogP contribution in [0.15, 0.2) is 151 Å². The Morgan fingerprint density at radius 2 is 1.56 bits per heavy atom. The van der Waals surface area contributed by atoms with Crippen LogP contribution in [0.5, 0.6) is 11.5 Å². The normalized spacial score (nSPS) is 16.9. The summed E-state index contributed by atoms with van der Waals surface area (Å²) < 4.78 is 6.45. The molecule has 3 aliphatic rings. The van der Waals surface area contributed by atoms with Crippen molar-refractivity contribution in [3.05, 3.63) is 156 Å². The van der Waals surface area contributed by atoms with Crippen LogP contribution in [0.1, 0.15) is 18.4 Å². The van der Waals surface area contributed by atoms with E-state index in [-0.39, 0.29) is 5.92 Å². The number of rotatable bonds is 4. The molecule has 1 N–H and O–H groups in total. The van der Waals surface area contributed by atoms with Crippen LogP contribution in [0, 0.1) is 0 Å². The SMILES string of the molecule is C=CC1=CC2C(=CC=C1/C=C\C)Nc1ccc(-c3ccc4c(c3)Oc3ccccc3N4c3ccccc3)cc12. The molecule has 4 aromatic carbocycles. The molecule has 0 aromatic heterocycles. The first kappa shape index (κ1) is 23.1. The first-order chi connectivity index (χ1) is 19.2. The summed E-state index contributed by atoms with van der Waals surface area (Å²) in [7, 11) is 0. The lowest BCUT2D eigenvalue weighted by atomic mass is 9.92. The van der Waals surface area contributed by atoms with E-state index in [1.165, 1.54) is 16.8 Å². The molecule has 2 heterocycles. The van der Waals surface area contributed by atoms with Gasteiger partial charge in [-0.25, -0.2) is 0 Å². The third-order valence-corrected chi connectivity index (χ3v) is 7.56. The molecular formula is C36H28N2O. The largest absolute Gasteiger partial charge is 0.453 e. The Bertz CT molecular complexity index is 1740. The zero-order valence-electron chi connectivity index (χ0n) is 21.8. The van der Waals surface area contributed by atoms with Crippen LogP contribution in [0.25, 0.3) is 11.1 Å². The van der Waals surface area contributed by atoms with E-state index < -0.39 is 0 Å². The molecule has 39 heavy (non-hydrogen) atoms. The van der Waals surface area contributed by atoms with Crippen LogP contribution < -0.4 is 15.0 Å². The first-order valence-electron chi connectivity index (χ1n) is 13.3. The molecule has 1 atom stereocenters. The fraction of sp³-hybridized carbons (Fsp3) is 0.0556. The monoisotopic (exact) mass is 504 g/mol. The minimum atomic E-state index is 0.154. The quantitative estimate of drug-likeness (QED) is 0.263. The number of hydrogen-bond acceptors (Lipinski definition) is 3. The summed E-state index contributed by atoms with van der Waals surface area (Å²) >= 11 is 0. The highest BCUT2D eigenvalue weighted by Gasteiger charge is 2.29. The van der Waals surface area contributed by atoms with E-state index in [1.807, 2.05) is 31.2 Å². The summed E-state index contributed by atoms with van der Waals surface area (Å²) in [6.45, 7) is 6.12. The van der Waals surface area contributed by atoms with Crippen LogP contribution in [0.3, 0.4) is 0 Å². The van der Waals surface area contributed by atoms with Gasteiger partial charge in [0.2, 0.25) is 0 Å². The predicted octanol–water partition coefficient (Wildman–Crippen LogP) is 9.95. The summed E-state index contributed by atoms with van der Waals surface area (Å²) in [5, 5.41) is 3.63. The summed E-state index contributed by atoms with van der Waals surface area (Å²) in [5.41, 5.74) is 11.4. The van der Waals surface area contributed by atoms with Crippen molar-refractivity contribution in [1.82, 2.24) is 0 Å². The Hall–Kier alpha value is -5.02. The van der Waals surface area contributed by atoms with Gasteiger partial charge >= 0.3 is 0 Å². The van der Waals surface area contributed by atoms with Gasteiger partial charge in [0.1, 0.15) is 0 Å². The number of benzene rings is 4. The van der Waals surface area contributed by atoms with Crippen molar-refractivity contribution in [2.45, 2.75) is 12.8 Å². The summed E-state index contributed by atoms with van der Waals surface area (Å²) in [6, 6.07) is 31.8. The maximum atomic E-state index is 6.45. The van der Waals surface area contributed by atoms with E-state index in [1.54, 1.807) is 0 Å². The topological polar surface area (TPSA) is 24.5 Å². The lowest BCUT2D eigenvalue weighted by Crippen LogP contribution is -2.15. The van der Waals surface area contributed by atoms with Gasteiger partial charge in [0.05, 0.1) is 11.4 Å². The summed E-state index contributed by atoms with van der Waals surface area (Å²) in [4.78, 5) is 2.27. The number of para-hydroxylation sites is 3. The summed E-state index contributed by atoms with van der Waals surface area (Å²) in [6.07, 6.45) is 12.8. The molecule has 2 aliphatic heterocycles. The third-order valence-electron chi connectivity index (χ3n) is 7.56. The molecule has 0 bridgehead atoms. The second-order valence-electron chi connectivity index (χ2n) is 9.90. The first-order valence-corrected chi connectivity index (χ1v) is 13.3. The van der Waals surface area contributed by atoms with E-state index in [0.717, 1.165) is 50.9 Å². The average molecular weight is 505 g/mol. The highest BCUT2D eigenvalue weighted by molar-refractivity contribution is 5.88. The van der Waals surface area contributed by atoms with Gasteiger partial charge in [0.25, 0.3) is 0 Å². The molecule has 1 aliphatic carbocycles. The van der Waals surface area contributed by atoms with E-state index in [2.05, 4.69) is 120 Å². The highest BCUT2D eigenvalue weighted by Crippen LogP contribution is 2.51. The van der Waals surface area contributed by atoms with Crippen molar-refractivity contribution in [3.8, 4) is 22.6 Å². The van der Waals surface area contributed by atoms with Crippen molar-refractivity contribution in [2.24, 2.45) is 0 Å². The van der Waals surface area contributed by atoms with Gasteiger partial charge in [-0.3, -0.25) is 0 Å². The molecular weight excluding hydrogens is 476 g/mol. The summed E-state index contributed by atoms with van der Waals surface area (Å²) in [5.74, 6) is 1.85. The molecule has 4 aromatic rings. The van der Waals surface area contributed by atoms with E-state index >= 15 is 0 Å². The molecule has 0 saturated carbocycles. The van der Waals surface area contributed by atoms with E-state index in [0.29, 0.717) is 0 Å². The van der Waals surface area contributed by atoms with Crippen molar-refractivity contribution < 1.29 is 4.74 Å². The van der Waals surface area contributed by atoms with Crippen molar-refractivity contribution in [2.75, 3.05) is 10.2 Å². The maximum absolute atomic E-state index is 6.45. The van der Waals surface area contributed by atoms with Crippen LogP contribution in [-0.4, -0.2) is 0 Å². The number of nitrogens with zero attached hydrogens (tertiary/aromatic N) is 1. The maximum Gasteiger partial charge on any atom is 0.152 e. The number of hydrogen-bond donors (Lipinski definition) is 1. The van der Waals surface area contributed by atoms with Crippen LogP contribution in [0.2, 0.25) is 0 Å². The number of nitrogens with one attached hydrogen (secondary N) is 1. The molecule has 3 heteroatoms. The zero-order chi connectivity index (χ0) is 26.3. The van der Waals surface area contributed by atoms with E-state index in [4.69, 9.17) is 4.74 Å². The molecule has 0 radical (unpaired) electrons. The highest BCUT2D eigenvalue weighted by atomic mass is 16.5. The van der Waals surface area contributed by atoms with Gasteiger partial charge in [0, 0.05) is 23.0 Å². The fourth-order valence-corrected chi connectivity index (χ4v) is 5.70. The number of anilines is 4. The standard InChI is InChI=1S/C36H28N2O/c1-3-10-25-15-18-31-29(21-24(25)4-2)30-22-26(16-19-32(30)37-31)27-17-20-34-36(23-27)39-35-14-9-8-13-33(35)38(34)28-11-6-5-7-12-28/h3-23,29,37H,2H2,1H3/b10-3-. The molecule has 188 valence electrons. The lowest BCUT2D eigenvalue weighted by Gasteiger charge is -2.33. The molecule has 3 nitrogen and oxygen atoms in total. The second-order valence-corrected chi connectivity index (χ2v) is 9.90. The Morgan fingerprint density at radius 1 is 0.795 bits per heavy atom. The van der Waals surface area contributed by atoms with Crippen LogP contribution in [0.4, 0.5) is 22.7 Å². The predicted molar refractivity (Wildman–Crippen MR) is 162 cm³/mol. The van der Waals surface area contributed by atoms with Gasteiger partial charge in [-0.15, -0.1) is 0 Å². The third kappa shape index (κ3) is 3.91. The number of fused-ring (bicyclic) bond motifs is 5. The lowest BCUT2D eigenvalue weighted by molar-refractivity contribution is 0.477. The molecule has 0 fully saturated rings. The molecule has 0 saturated heterocycles. The van der Waals surface area contributed by atoms with E-state index in [9.17, 15) is 0 Å². The van der Waals surface area contributed by atoms with Gasteiger partial charge in [0.15, 0.2) is 11.5 Å². The van der Waals surface area contributed by atoms with Gasteiger partial charge < -0.3 is 15.0 Å². The Balaban J connectivity index is 1.29. The Labute approximate surface area is 229 Å². The van der Waals surface area contributed by atoms with Gasteiger partial charge in [-0.1, -0.05) is 79.4 Å². The van der Waals surface area contributed by atoms with Gasteiger partial charge in [-0.05, 0) is 89.4 Å². The number of ether oxygens (including phenoxy) is 1. The second kappa shape index (κ2) is 9.38. The molecule has 0 spiro atoms. The minimum absolute atomic E-state index is 0.154. The average Bonchev–Trinajstić information content (AvgIpc) is 3.23. The Kier molecular flexibility index (Phi) is 5.56. The molecule has 1 unspecified atom stereocenters. The van der Waals surface area contributed by atoms with Crippen molar-refractivity contribution in [1.29, 1.82) is 0 Å². The molecule has 7 rings (SSSR count). The Morgan fingerprint density at radius 3 is 2.41 bits per heavy atom. The van der Waals surface area contributed by atoms with Crippen molar-refractivity contribution in [3.63, 3.8) is 0 Å². The number of allylic oxidation sites excluding steroid dienone is 8. The fourth-order valence-electron chi connectivity index (χ4n) is 5.70. The minimum Gasteiger partial charge on any atom is -0.453 e. The smallest absolute Gasteiger partial charge is 0.152 e.